The Kier molecular flexibility index (Phi) is 4.66. The zero-order valence-electron chi connectivity index (χ0n) is 9.46. The molecule has 0 atom stereocenters. The van der Waals surface area contributed by atoms with Gasteiger partial charge in [-0.2, -0.15) is 5.26 Å². The topological polar surface area (TPSA) is 119 Å². The van der Waals surface area contributed by atoms with Crippen LogP contribution in [0.3, 0.4) is 0 Å². The van der Waals surface area contributed by atoms with E-state index in [0.717, 1.165) is 0 Å². The number of nitrogens with two attached hydrogens (primary N) is 1. The third-order valence-corrected chi connectivity index (χ3v) is 2.14. The lowest BCUT2D eigenvalue weighted by Gasteiger charge is -2.12. The molecule has 94 valence electrons. The van der Waals surface area contributed by atoms with Crippen molar-refractivity contribution in [2.45, 2.75) is 0 Å². The van der Waals surface area contributed by atoms with Crippen LogP contribution in [0.4, 0.5) is 4.79 Å². The number of primary amides is 1. The third kappa shape index (κ3) is 3.77. The molecule has 1 rings (SSSR count). The van der Waals surface area contributed by atoms with Gasteiger partial charge in [-0.1, -0.05) is 0 Å². The van der Waals surface area contributed by atoms with Crippen molar-refractivity contribution in [3.05, 3.63) is 35.4 Å². The van der Waals surface area contributed by atoms with Gasteiger partial charge in [0.05, 0.1) is 18.2 Å². The molecule has 0 aliphatic heterocycles. The fraction of sp³-hybridized carbons (Fsp3) is 0.182. The molecular formula is C11H12N4O3. The Labute approximate surface area is 103 Å². The maximum Gasteiger partial charge on any atom is 0.338 e. The van der Waals surface area contributed by atoms with Gasteiger partial charge in [0, 0.05) is 12.1 Å². The number of carbonyl (C=O) groups excluding carboxylic acids is 2. The van der Waals surface area contributed by atoms with Gasteiger partial charge in [0.25, 0.3) is 5.91 Å². The molecular weight excluding hydrogens is 236 g/mol. The Balaban J connectivity index is 2.46. The number of rotatable bonds is 4. The molecule has 7 heteroatoms. The van der Waals surface area contributed by atoms with Crippen LogP contribution in [0.15, 0.2) is 24.3 Å². The van der Waals surface area contributed by atoms with Gasteiger partial charge in [0.2, 0.25) is 0 Å². The quantitative estimate of drug-likeness (QED) is 0.515. The highest BCUT2D eigenvalue weighted by Crippen LogP contribution is 2.02. The number of hydrogen-bond donors (Lipinski definition) is 3. The van der Waals surface area contributed by atoms with E-state index in [4.69, 9.17) is 16.2 Å². The van der Waals surface area contributed by atoms with E-state index in [9.17, 15) is 9.59 Å². The zero-order valence-corrected chi connectivity index (χ0v) is 9.46. The lowest BCUT2D eigenvalue weighted by molar-refractivity contribution is -0.0376. The maximum atomic E-state index is 11.6. The highest BCUT2D eigenvalue weighted by atomic mass is 16.5. The van der Waals surface area contributed by atoms with Crippen LogP contribution in [-0.2, 0) is 0 Å². The number of nitrogens with zero attached hydrogens (tertiary/aromatic N) is 2. The number of nitrogens with one attached hydrogen (secondary N) is 1. The van der Waals surface area contributed by atoms with E-state index >= 15 is 0 Å². The van der Waals surface area contributed by atoms with Crippen molar-refractivity contribution >= 4 is 11.9 Å². The molecule has 0 saturated carbocycles. The zero-order chi connectivity index (χ0) is 13.5. The van der Waals surface area contributed by atoms with E-state index in [1.807, 2.05) is 6.07 Å². The largest absolute Gasteiger partial charge is 0.350 e. The summed E-state index contributed by atoms with van der Waals surface area (Å²) in [5.41, 5.74) is 5.64. The maximum absolute atomic E-state index is 11.6. The summed E-state index contributed by atoms with van der Waals surface area (Å²) >= 11 is 0. The Bertz CT molecular complexity index is 478. The first-order valence-electron chi connectivity index (χ1n) is 5.09. The predicted molar refractivity (Wildman–Crippen MR) is 61.6 cm³/mol. The van der Waals surface area contributed by atoms with E-state index in [1.54, 1.807) is 0 Å². The van der Waals surface area contributed by atoms with Crippen LogP contribution in [0.5, 0.6) is 0 Å². The van der Waals surface area contributed by atoms with E-state index in [-0.39, 0.29) is 19.0 Å². The Morgan fingerprint density at radius 3 is 2.50 bits per heavy atom. The van der Waals surface area contributed by atoms with E-state index in [1.165, 1.54) is 24.3 Å². The molecule has 0 bridgehead atoms. The molecule has 0 radical (unpaired) electrons. The smallest absolute Gasteiger partial charge is 0.338 e. The second-order valence-corrected chi connectivity index (χ2v) is 3.41. The number of benzene rings is 1. The van der Waals surface area contributed by atoms with Crippen LogP contribution in [-0.4, -0.2) is 35.3 Å². The number of urea groups is 1. The highest BCUT2D eigenvalue weighted by Gasteiger charge is 2.07. The van der Waals surface area contributed by atoms with Gasteiger partial charge in [-0.15, -0.1) is 0 Å². The number of hydroxylamine groups is 2. The molecule has 0 saturated heterocycles. The molecule has 4 N–H and O–H groups in total. The molecule has 0 unspecified atom stereocenters. The van der Waals surface area contributed by atoms with Crippen LogP contribution < -0.4 is 11.1 Å². The van der Waals surface area contributed by atoms with Crippen molar-refractivity contribution < 1.29 is 14.8 Å². The third-order valence-electron chi connectivity index (χ3n) is 2.14. The van der Waals surface area contributed by atoms with Crippen LogP contribution in [0, 0.1) is 11.3 Å². The molecule has 0 heterocycles. The lowest BCUT2D eigenvalue weighted by atomic mass is 10.1. The summed E-state index contributed by atoms with van der Waals surface area (Å²) < 4.78 is 0. The molecule has 18 heavy (non-hydrogen) atoms. The molecule has 1 aromatic carbocycles. The summed E-state index contributed by atoms with van der Waals surface area (Å²) in [6.07, 6.45) is 0. The van der Waals surface area contributed by atoms with E-state index < -0.39 is 6.03 Å². The Morgan fingerprint density at radius 2 is 2.00 bits per heavy atom. The average molecular weight is 248 g/mol. The van der Waals surface area contributed by atoms with E-state index in [0.29, 0.717) is 16.2 Å². The van der Waals surface area contributed by atoms with Gasteiger partial charge in [-0.3, -0.25) is 10.0 Å². The fourth-order valence-corrected chi connectivity index (χ4v) is 1.18. The molecule has 3 amide bonds. The van der Waals surface area contributed by atoms with Gasteiger partial charge in [-0.25, -0.2) is 9.86 Å². The summed E-state index contributed by atoms with van der Waals surface area (Å²) in [5.74, 6) is -0.364. The highest BCUT2D eigenvalue weighted by molar-refractivity contribution is 5.94. The lowest BCUT2D eigenvalue weighted by Crippen LogP contribution is -2.39. The molecule has 7 nitrogen and oxygen atoms in total. The molecule has 1 aromatic rings. The summed E-state index contributed by atoms with van der Waals surface area (Å²) in [6, 6.07) is 7.03. The SMILES string of the molecule is N#Cc1ccc(C(=O)NCCN(O)C(N)=O)cc1. The second-order valence-electron chi connectivity index (χ2n) is 3.41. The minimum atomic E-state index is -0.984. The molecule has 0 aliphatic carbocycles. The molecule has 0 aliphatic rings. The number of amides is 3. The van der Waals surface area contributed by atoms with Gasteiger partial charge < -0.3 is 11.1 Å². The van der Waals surface area contributed by atoms with Gasteiger partial charge in [0.1, 0.15) is 0 Å². The summed E-state index contributed by atoms with van der Waals surface area (Å²) in [6.45, 7) is -0.0321. The van der Waals surface area contributed by atoms with Crippen LogP contribution in [0.1, 0.15) is 15.9 Å². The van der Waals surface area contributed by atoms with Crippen LogP contribution in [0.25, 0.3) is 0 Å². The Hall–Kier alpha value is -2.59. The van der Waals surface area contributed by atoms with Crippen molar-refractivity contribution in [3.8, 4) is 6.07 Å². The first-order chi connectivity index (χ1) is 8.54. The summed E-state index contributed by atoms with van der Waals surface area (Å²) in [7, 11) is 0. The number of carbonyl (C=O) groups is 2. The fourth-order valence-electron chi connectivity index (χ4n) is 1.18. The van der Waals surface area contributed by atoms with Gasteiger partial charge >= 0.3 is 6.03 Å². The summed E-state index contributed by atoms with van der Waals surface area (Å²) in [4.78, 5) is 22.1. The standard InChI is InChI=1S/C11H12N4O3/c12-7-8-1-3-9(4-2-8)10(16)14-5-6-15(18)11(13)17/h1-4,18H,5-6H2,(H2,13,17)(H,14,16). The Morgan fingerprint density at radius 1 is 1.39 bits per heavy atom. The number of hydrogen-bond acceptors (Lipinski definition) is 4. The normalized spacial score (nSPS) is 9.33. The van der Waals surface area contributed by atoms with Crippen molar-refractivity contribution in [1.29, 1.82) is 5.26 Å². The molecule has 0 spiro atoms. The van der Waals surface area contributed by atoms with Crippen molar-refractivity contribution in [2.75, 3.05) is 13.1 Å². The van der Waals surface area contributed by atoms with Gasteiger partial charge in [-0.05, 0) is 24.3 Å². The van der Waals surface area contributed by atoms with Gasteiger partial charge in [0.15, 0.2) is 0 Å². The molecule has 0 fully saturated rings. The van der Waals surface area contributed by atoms with Crippen molar-refractivity contribution in [1.82, 2.24) is 10.4 Å². The first kappa shape index (κ1) is 13.5. The van der Waals surface area contributed by atoms with E-state index in [2.05, 4.69) is 5.32 Å². The van der Waals surface area contributed by atoms with Crippen LogP contribution >= 0.6 is 0 Å². The molecule has 0 aromatic heterocycles. The summed E-state index contributed by atoms with van der Waals surface area (Å²) in [5, 5.41) is 20.3. The van der Waals surface area contributed by atoms with Crippen molar-refractivity contribution in [2.24, 2.45) is 5.73 Å². The minimum absolute atomic E-state index is 0.0677. The monoisotopic (exact) mass is 248 g/mol. The van der Waals surface area contributed by atoms with Crippen LogP contribution in [0.2, 0.25) is 0 Å². The van der Waals surface area contributed by atoms with Crippen molar-refractivity contribution in [3.63, 3.8) is 0 Å². The second kappa shape index (κ2) is 6.22. The first-order valence-corrected chi connectivity index (χ1v) is 5.09. The number of nitriles is 1. The average Bonchev–Trinajstić information content (AvgIpc) is 2.38. The minimum Gasteiger partial charge on any atom is -0.350 e. The predicted octanol–water partition coefficient (Wildman–Crippen LogP) is 0.0580.